The summed E-state index contributed by atoms with van der Waals surface area (Å²) in [5.41, 5.74) is 2.50. The Morgan fingerprint density at radius 1 is 1.22 bits per heavy atom. The maximum Gasteiger partial charge on any atom is 0.187 e. The first-order valence-electron chi connectivity index (χ1n) is 7.65. The van der Waals surface area contributed by atoms with Gasteiger partial charge in [0.05, 0.1) is 19.6 Å². The largest absolute Gasteiger partial charge is 0.483 e. The van der Waals surface area contributed by atoms with Crippen molar-refractivity contribution >= 4 is 5.78 Å². The van der Waals surface area contributed by atoms with Crippen LogP contribution < -0.4 is 4.74 Å². The second kappa shape index (κ2) is 6.08. The molecular formula is C18H20N2O3. The summed E-state index contributed by atoms with van der Waals surface area (Å²) in [7, 11) is 0. The van der Waals surface area contributed by atoms with Gasteiger partial charge in [0.1, 0.15) is 11.4 Å². The van der Waals surface area contributed by atoms with Crippen molar-refractivity contribution in [2.45, 2.75) is 32.8 Å². The van der Waals surface area contributed by atoms with Gasteiger partial charge in [0.2, 0.25) is 0 Å². The SMILES string of the molecule is Cc1cccc(CC(=O)c2cc(OC3(C)COC3)cc(C)n2)n1. The molecule has 2 aromatic rings. The fraction of sp³-hybridized carbons (Fsp3) is 0.389. The number of ketones is 1. The molecule has 23 heavy (non-hydrogen) atoms. The molecule has 1 aliphatic heterocycles. The number of aromatic nitrogens is 2. The summed E-state index contributed by atoms with van der Waals surface area (Å²) >= 11 is 0. The van der Waals surface area contributed by atoms with Crippen molar-refractivity contribution in [1.82, 2.24) is 9.97 Å². The molecule has 0 bridgehead atoms. The summed E-state index contributed by atoms with van der Waals surface area (Å²) in [5, 5.41) is 0. The van der Waals surface area contributed by atoms with Gasteiger partial charge in [0, 0.05) is 29.2 Å². The second-order valence-electron chi connectivity index (χ2n) is 6.24. The van der Waals surface area contributed by atoms with E-state index in [-0.39, 0.29) is 17.8 Å². The average Bonchev–Trinajstić information content (AvgIpc) is 2.45. The van der Waals surface area contributed by atoms with E-state index in [0.29, 0.717) is 24.7 Å². The fourth-order valence-corrected chi connectivity index (χ4v) is 2.52. The molecule has 0 N–H and O–H groups in total. The van der Waals surface area contributed by atoms with Crippen LogP contribution in [0.3, 0.4) is 0 Å². The van der Waals surface area contributed by atoms with Gasteiger partial charge in [0.15, 0.2) is 11.4 Å². The lowest BCUT2D eigenvalue weighted by molar-refractivity contribution is -0.149. The Morgan fingerprint density at radius 3 is 2.65 bits per heavy atom. The van der Waals surface area contributed by atoms with E-state index < -0.39 is 0 Å². The van der Waals surface area contributed by atoms with Crippen LogP contribution in [-0.2, 0) is 11.2 Å². The Kier molecular flexibility index (Phi) is 4.13. The van der Waals surface area contributed by atoms with Crippen molar-refractivity contribution in [1.29, 1.82) is 0 Å². The molecule has 0 amide bonds. The average molecular weight is 312 g/mol. The monoisotopic (exact) mass is 312 g/mol. The Bertz CT molecular complexity index is 739. The van der Waals surface area contributed by atoms with E-state index in [9.17, 15) is 4.79 Å². The lowest BCUT2D eigenvalue weighted by Gasteiger charge is -2.38. The first-order chi connectivity index (χ1) is 10.9. The fourth-order valence-electron chi connectivity index (χ4n) is 2.52. The van der Waals surface area contributed by atoms with Crippen LogP contribution in [0.4, 0.5) is 0 Å². The second-order valence-corrected chi connectivity index (χ2v) is 6.24. The highest BCUT2D eigenvalue weighted by Crippen LogP contribution is 2.26. The summed E-state index contributed by atoms with van der Waals surface area (Å²) in [6.45, 7) is 6.88. The van der Waals surface area contributed by atoms with E-state index in [0.717, 1.165) is 17.1 Å². The number of rotatable bonds is 5. The number of hydrogen-bond acceptors (Lipinski definition) is 5. The highest BCUT2D eigenvalue weighted by atomic mass is 16.6. The lowest BCUT2D eigenvalue weighted by atomic mass is 10.1. The van der Waals surface area contributed by atoms with E-state index >= 15 is 0 Å². The van der Waals surface area contributed by atoms with Gasteiger partial charge in [-0.25, -0.2) is 4.98 Å². The zero-order chi connectivity index (χ0) is 16.4. The minimum atomic E-state index is -0.313. The first-order valence-corrected chi connectivity index (χ1v) is 7.65. The predicted octanol–water partition coefficient (Wildman–Crippen LogP) is 2.69. The molecule has 0 aliphatic carbocycles. The topological polar surface area (TPSA) is 61.3 Å². The number of pyridine rings is 2. The number of hydrogen-bond donors (Lipinski definition) is 0. The molecule has 0 aromatic carbocycles. The lowest BCUT2D eigenvalue weighted by Crippen LogP contribution is -2.51. The Balaban J connectivity index is 1.78. The van der Waals surface area contributed by atoms with E-state index in [4.69, 9.17) is 9.47 Å². The standard InChI is InChI=1S/C18H20N2O3/c1-12-5-4-6-14(19-12)8-17(21)16-9-15(7-13(2)20-16)23-18(3)10-22-11-18/h4-7,9H,8,10-11H2,1-3H3. The first kappa shape index (κ1) is 15.6. The highest BCUT2D eigenvalue weighted by Gasteiger charge is 2.36. The third kappa shape index (κ3) is 3.74. The highest BCUT2D eigenvalue weighted by molar-refractivity contribution is 5.95. The molecule has 1 saturated heterocycles. The Morgan fingerprint density at radius 2 is 2.00 bits per heavy atom. The van der Waals surface area contributed by atoms with Crippen molar-refractivity contribution in [2.24, 2.45) is 0 Å². The van der Waals surface area contributed by atoms with Crippen LogP contribution in [-0.4, -0.2) is 34.6 Å². The van der Waals surface area contributed by atoms with Gasteiger partial charge in [-0.2, -0.15) is 0 Å². The van der Waals surface area contributed by atoms with Crippen LogP contribution in [0.15, 0.2) is 30.3 Å². The molecule has 3 rings (SSSR count). The molecule has 1 fully saturated rings. The van der Waals surface area contributed by atoms with E-state index in [2.05, 4.69) is 9.97 Å². The maximum absolute atomic E-state index is 12.5. The summed E-state index contributed by atoms with van der Waals surface area (Å²) < 4.78 is 11.1. The van der Waals surface area contributed by atoms with E-state index in [1.54, 1.807) is 6.07 Å². The Labute approximate surface area is 135 Å². The molecule has 0 radical (unpaired) electrons. The van der Waals surface area contributed by atoms with Gasteiger partial charge in [-0.3, -0.25) is 9.78 Å². The van der Waals surface area contributed by atoms with Gasteiger partial charge in [0.25, 0.3) is 0 Å². The van der Waals surface area contributed by atoms with Gasteiger partial charge >= 0.3 is 0 Å². The number of ether oxygens (including phenoxy) is 2. The predicted molar refractivity (Wildman–Crippen MR) is 85.8 cm³/mol. The molecular weight excluding hydrogens is 292 g/mol. The number of carbonyl (C=O) groups excluding carboxylic acids is 1. The van der Waals surface area contributed by atoms with E-state index in [1.165, 1.54) is 0 Å². The molecule has 0 spiro atoms. The van der Waals surface area contributed by atoms with Crippen LogP contribution in [0, 0.1) is 13.8 Å². The van der Waals surface area contributed by atoms with Crippen LogP contribution in [0.25, 0.3) is 0 Å². The maximum atomic E-state index is 12.5. The van der Waals surface area contributed by atoms with E-state index in [1.807, 2.05) is 45.0 Å². The minimum Gasteiger partial charge on any atom is -0.483 e. The molecule has 2 aromatic heterocycles. The Hall–Kier alpha value is -2.27. The summed E-state index contributed by atoms with van der Waals surface area (Å²) in [6.07, 6.45) is 0.234. The molecule has 3 heterocycles. The number of Topliss-reactive ketones (excluding diaryl/α,β-unsaturated/α-hetero) is 1. The van der Waals surface area contributed by atoms with Crippen molar-refractivity contribution in [3.63, 3.8) is 0 Å². The quantitative estimate of drug-likeness (QED) is 0.794. The molecule has 0 saturated carbocycles. The molecule has 5 heteroatoms. The van der Waals surface area contributed by atoms with Gasteiger partial charge in [-0.05, 0) is 32.9 Å². The van der Waals surface area contributed by atoms with Gasteiger partial charge in [-0.15, -0.1) is 0 Å². The molecule has 0 unspecified atom stereocenters. The normalized spacial score (nSPS) is 15.8. The third-order valence-corrected chi connectivity index (χ3v) is 3.68. The third-order valence-electron chi connectivity index (χ3n) is 3.68. The van der Waals surface area contributed by atoms with Crippen LogP contribution in [0.1, 0.15) is 34.5 Å². The van der Waals surface area contributed by atoms with Crippen molar-refractivity contribution in [2.75, 3.05) is 13.2 Å². The number of nitrogens with zero attached hydrogens (tertiary/aromatic N) is 2. The van der Waals surface area contributed by atoms with Gasteiger partial charge < -0.3 is 9.47 Å². The molecule has 0 atom stereocenters. The smallest absolute Gasteiger partial charge is 0.187 e. The van der Waals surface area contributed by atoms with Crippen LogP contribution in [0.2, 0.25) is 0 Å². The summed E-state index contributed by atoms with van der Waals surface area (Å²) in [6, 6.07) is 9.21. The van der Waals surface area contributed by atoms with Crippen molar-refractivity contribution < 1.29 is 14.3 Å². The summed E-state index contributed by atoms with van der Waals surface area (Å²) in [5.74, 6) is 0.593. The number of aryl methyl sites for hydroxylation is 2. The molecule has 120 valence electrons. The van der Waals surface area contributed by atoms with Crippen molar-refractivity contribution in [3.05, 3.63) is 53.1 Å². The van der Waals surface area contributed by atoms with Crippen molar-refractivity contribution in [3.8, 4) is 5.75 Å². The number of carbonyl (C=O) groups is 1. The zero-order valence-electron chi connectivity index (χ0n) is 13.6. The minimum absolute atomic E-state index is 0.0633. The van der Waals surface area contributed by atoms with Gasteiger partial charge in [-0.1, -0.05) is 6.07 Å². The van der Waals surface area contributed by atoms with Crippen LogP contribution in [0.5, 0.6) is 5.75 Å². The summed E-state index contributed by atoms with van der Waals surface area (Å²) in [4.78, 5) is 21.2. The van der Waals surface area contributed by atoms with Crippen LogP contribution >= 0.6 is 0 Å². The molecule has 1 aliphatic rings. The zero-order valence-corrected chi connectivity index (χ0v) is 13.6. The molecule has 5 nitrogen and oxygen atoms in total.